The molecule has 78 valence electrons. The number of allylic oxidation sites excluding steroid dienone is 2. The van der Waals surface area contributed by atoms with Gasteiger partial charge < -0.3 is 0 Å². The van der Waals surface area contributed by atoms with Crippen molar-refractivity contribution in [3.8, 4) is 0 Å². The van der Waals surface area contributed by atoms with Crippen LogP contribution in [-0.2, 0) is 0 Å². The van der Waals surface area contributed by atoms with Gasteiger partial charge in [-0.2, -0.15) is 24.4 Å². The van der Waals surface area contributed by atoms with E-state index < -0.39 is 0 Å². The maximum absolute atomic E-state index is 4.60. The molecule has 13 heavy (non-hydrogen) atoms. The molecule has 0 nitrogen and oxygen atoms in total. The Kier molecular flexibility index (Phi) is 7.06. The normalized spacial score (nSPS) is 15.2. The lowest BCUT2D eigenvalue weighted by atomic mass is 10.0. The van der Waals surface area contributed by atoms with Gasteiger partial charge >= 0.3 is 0 Å². The van der Waals surface area contributed by atoms with Gasteiger partial charge in [0.25, 0.3) is 0 Å². The molecule has 0 rings (SSSR count). The van der Waals surface area contributed by atoms with E-state index in [1.807, 2.05) is 11.8 Å². The molecule has 0 aromatic carbocycles. The zero-order valence-corrected chi connectivity index (χ0v) is 10.9. The maximum Gasteiger partial charge on any atom is 0.0111 e. The fourth-order valence-corrected chi connectivity index (χ4v) is 2.30. The molecule has 0 spiro atoms. The zero-order chi connectivity index (χ0) is 10.3. The first-order chi connectivity index (χ1) is 6.02. The molecule has 0 heterocycles. The number of rotatable bonds is 6. The van der Waals surface area contributed by atoms with Crippen LogP contribution < -0.4 is 0 Å². The van der Waals surface area contributed by atoms with Gasteiger partial charge in [0.1, 0.15) is 0 Å². The Bertz CT molecular complexity index is 150. The minimum absolute atomic E-state index is 0.377. The van der Waals surface area contributed by atoms with Gasteiger partial charge in [-0.05, 0) is 32.4 Å². The summed E-state index contributed by atoms with van der Waals surface area (Å²) < 4.78 is 0.377. The number of hydrogen-bond donors (Lipinski definition) is 1. The molecule has 0 saturated heterocycles. The van der Waals surface area contributed by atoms with E-state index in [1.54, 1.807) is 0 Å². The second kappa shape index (κ2) is 6.83. The van der Waals surface area contributed by atoms with Crippen molar-refractivity contribution in [1.82, 2.24) is 0 Å². The number of thioether (sulfide) groups is 1. The first kappa shape index (κ1) is 13.4. The summed E-state index contributed by atoms with van der Waals surface area (Å²) in [6.45, 7) is 6.65. The molecule has 0 amide bonds. The van der Waals surface area contributed by atoms with E-state index in [4.69, 9.17) is 0 Å². The third kappa shape index (κ3) is 7.51. The Balaban J connectivity index is 3.67. The molecule has 0 aromatic rings. The van der Waals surface area contributed by atoms with Crippen LogP contribution in [0.4, 0.5) is 0 Å². The lowest BCUT2D eigenvalue weighted by molar-refractivity contribution is 0.597. The van der Waals surface area contributed by atoms with E-state index in [0.29, 0.717) is 10.00 Å². The summed E-state index contributed by atoms with van der Waals surface area (Å²) in [4.78, 5) is 0. The predicted molar refractivity (Wildman–Crippen MR) is 69.0 cm³/mol. The molecule has 0 bridgehead atoms. The summed E-state index contributed by atoms with van der Waals surface area (Å²) in [5.74, 6) is 0. The summed E-state index contributed by atoms with van der Waals surface area (Å²) in [6.07, 6.45) is 10.0. The lowest BCUT2D eigenvalue weighted by Gasteiger charge is -2.25. The second-order valence-corrected chi connectivity index (χ2v) is 6.21. The van der Waals surface area contributed by atoms with Crippen LogP contribution in [0.1, 0.15) is 40.0 Å². The van der Waals surface area contributed by atoms with Gasteiger partial charge in [-0.1, -0.05) is 26.0 Å². The third-order valence-electron chi connectivity index (χ3n) is 2.18. The van der Waals surface area contributed by atoms with Crippen molar-refractivity contribution in [2.75, 3.05) is 6.26 Å². The highest BCUT2D eigenvalue weighted by Gasteiger charge is 2.19. The number of hydrogen-bond acceptors (Lipinski definition) is 2. The largest absolute Gasteiger partial charge is 0.176 e. The van der Waals surface area contributed by atoms with Crippen LogP contribution in [0.3, 0.4) is 0 Å². The van der Waals surface area contributed by atoms with E-state index in [-0.39, 0.29) is 0 Å². The average molecular weight is 218 g/mol. The minimum Gasteiger partial charge on any atom is -0.176 e. The highest BCUT2D eigenvalue weighted by molar-refractivity contribution is 7.99. The Labute approximate surface area is 93.0 Å². The van der Waals surface area contributed by atoms with Crippen LogP contribution in [0.2, 0.25) is 0 Å². The molecule has 0 aliphatic heterocycles. The Morgan fingerprint density at radius 3 is 2.54 bits per heavy atom. The summed E-state index contributed by atoms with van der Waals surface area (Å²) in [7, 11) is 0. The van der Waals surface area contributed by atoms with E-state index in [0.717, 1.165) is 6.42 Å². The van der Waals surface area contributed by atoms with Gasteiger partial charge in [-0.25, -0.2) is 0 Å². The molecule has 0 aliphatic carbocycles. The zero-order valence-electron chi connectivity index (χ0n) is 9.21. The van der Waals surface area contributed by atoms with Crippen molar-refractivity contribution < 1.29 is 0 Å². The van der Waals surface area contributed by atoms with Crippen molar-refractivity contribution >= 4 is 24.4 Å². The molecular weight excluding hydrogens is 196 g/mol. The SMILES string of the molecule is CC=CCCC(S)CC(C)(C)SC. The summed E-state index contributed by atoms with van der Waals surface area (Å²) in [6, 6.07) is 0. The molecule has 1 unspecified atom stereocenters. The Morgan fingerprint density at radius 1 is 1.46 bits per heavy atom. The molecule has 1 atom stereocenters. The second-order valence-electron chi connectivity index (χ2n) is 3.97. The van der Waals surface area contributed by atoms with Gasteiger partial charge in [0, 0.05) is 10.00 Å². The van der Waals surface area contributed by atoms with Crippen molar-refractivity contribution in [3.05, 3.63) is 12.2 Å². The molecule has 2 heteroatoms. The number of thiol groups is 1. The average Bonchev–Trinajstić information content (AvgIpc) is 2.04. The molecule has 0 aromatic heterocycles. The smallest absolute Gasteiger partial charge is 0.0111 e. The standard InChI is InChI=1S/C11H22S2/c1-5-6-7-8-10(12)9-11(2,3)13-4/h5-6,10,12H,7-9H2,1-4H3. The van der Waals surface area contributed by atoms with Gasteiger partial charge in [0.15, 0.2) is 0 Å². The van der Waals surface area contributed by atoms with Crippen LogP contribution in [-0.4, -0.2) is 16.3 Å². The third-order valence-corrected chi connectivity index (χ3v) is 3.89. The van der Waals surface area contributed by atoms with Gasteiger partial charge in [0.05, 0.1) is 0 Å². The van der Waals surface area contributed by atoms with Gasteiger partial charge in [-0.15, -0.1) is 0 Å². The Morgan fingerprint density at radius 2 is 2.08 bits per heavy atom. The van der Waals surface area contributed by atoms with Crippen LogP contribution in [0.25, 0.3) is 0 Å². The van der Waals surface area contributed by atoms with Crippen molar-refractivity contribution in [3.63, 3.8) is 0 Å². The van der Waals surface area contributed by atoms with E-state index >= 15 is 0 Å². The summed E-state index contributed by atoms with van der Waals surface area (Å²) in [5, 5.41) is 0.540. The predicted octanol–water partition coefficient (Wildman–Crippen LogP) is 4.17. The van der Waals surface area contributed by atoms with Crippen LogP contribution in [0.5, 0.6) is 0 Å². The first-order valence-electron chi connectivity index (χ1n) is 4.86. The lowest BCUT2D eigenvalue weighted by Crippen LogP contribution is -2.19. The van der Waals surface area contributed by atoms with Crippen LogP contribution in [0, 0.1) is 0 Å². The molecule has 0 fully saturated rings. The van der Waals surface area contributed by atoms with Crippen LogP contribution >= 0.6 is 24.4 Å². The maximum atomic E-state index is 4.60. The summed E-state index contributed by atoms with van der Waals surface area (Å²) >= 11 is 6.53. The first-order valence-corrected chi connectivity index (χ1v) is 6.60. The molecular formula is C11H22S2. The van der Waals surface area contributed by atoms with E-state index in [9.17, 15) is 0 Å². The van der Waals surface area contributed by atoms with Gasteiger partial charge in [-0.3, -0.25) is 0 Å². The topological polar surface area (TPSA) is 0 Å². The molecule has 0 N–H and O–H groups in total. The molecule has 0 saturated carbocycles. The highest BCUT2D eigenvalue weighted by atomic mass is 32.2. The van der Waals surface area contributed by atoms with Crippen LogP contribution in [0.15, 0.2) is 12.2 Å². The molecule has 0 radical (unpaired) electrons. The fraction of sp³-hybridized carbons (Fsp3) is 0.818. The van der Waals surface area contributed by atoms with Crippen molar-refractivity contribution in [2.45, 2.75) is 50.0 Å². The molecule has 0 aliphatic rings. The minimum atomic E-state index is 0.377. The summed E-state index contributed by atoms with van der Waals surface area (Å²) in [5.41, 5.74) is 0. The van der Waals surface area contributed by atoms with Gasteiger partial charge in [0.2, 0.25) is 0 Å². The highest BCUT2D eigenvalue weighted by Crippen LogP contribution is 2.29. The Hall–Kier alpha value is 0.440. The monoisotopic (exact) mass is 218 g/mol. The fourth-order valence-electron chi connectivity index (χ4n) is 1.21. The van der Waals surface area contributed by atoms with E-state index in [1.165, 1.54) is 12.8 Å². The quantitative estimate of drug-likeness (QED) is 0.515. The van der Waals surface area contributed by atoms with Crippen molar-refractivity contribution in [1.29, 1.82) is 0 Å². The van der Waals surface area contributed by atoms with Crippen molar-refractivity contribution in [2.24, 2.45) is 0 Å². The van der Waals surface area contributed by atoms with E-state index in [2.05, 4.69) is 51.8 Å².